The second-order valence-corrected chi connectivity index (χ2v) is 10.7. The first-order valence-corrected chi connectivity index (χ1v) is 13.2. The maximum Gasteiger partial charge on any atom is 0.259 e. The van der Waals surface area contributed by atoms with Crippen molar-refractivity contribution in [3.63, 3.8) is 0 Å². The minimum Gasteiger partial charge on any atom is -0.340 e. The van der Waals surface area contributed by atoms with Gasteiger partial charge in [0.25, 0.3) is 5.56 Å². The molecular formula is C23H24N6O3S2. The van der Waals surface area contributed by atoms with Crippen LogP contribution in [-0.2, 0) is 30.6 Å². The Hall–Kier alpha value is -2.89. The number of aryl methyl sites for hydroxylation is 3. The van der Waals surface area contributed by atoms with Gasteiger partial charge in [-0.25, -0.2) is 4.98 Å². The van der Waals surface area contributed by atoms with Gasteiger partial charge in [0.05, 0.1) is 16.8 Å². The number of nitrogens with one attached hydrogen (secondary N) is 1. The molecule has 2 aliphatic rings. The Kier molecular flexibility index (Phi) is 5.75. The van der Waals surface area contributed by atoms with E-state index in [9.17, 15) is 9.59 Å². The number of thiophene rings is 2. The second kappa shape index (κ2) is 9.05. The quantitative estimate of drug-likeness (QED) is 0.437. The molecule has 34 heavy (non-hydrogen) atoms. The third-order valence-corrected chi connectivity index (χ3v) is 8.54. The molecule has 0 radical (unpaired) electrons. The Bertz CT molecular complexity index is 1380. The summed E-state index contributed by atoms with van der Waals surface area (Å²) in [6, 6.07) is 3.94. The van der Waals surface area contributed by atoms with Gasteiger partial charge in [-0.3, -0.25) is 14.5 Å². The molecular weight excluding hydrogens is 472 g/mol. The Morgan fingerprint density at radius 3 is 2.88 bits per heavy atom. The van der Waals surface area contributed by atoms with E-state index in [1.165, 1.54) is 10.4 Å². The van der Waals surface area contributed by atoms with Crippen LogP contribution in [0.1, 0.15) is 35.0 Å². The van der Waals surface area contributed by atoms with E-state index in [0.717, 1.165) is 47.4 Å². The number of piperazine rings is 1. The van der Waals surface area contributed by atoms with Gasteiger partial charge in [0.15, 0.2) is 0 Å². The van der Waals surface area contributed by atoms with Crippen molar-refractivity contribution in [1.82, 2.24) is 29.9 Å². The number of fused-ring (bicyclic) bond motifs is 3. The number of aromatic amines is 1. The summed E-state index contributed by atoms with van der Waals surface area (Å²) in [6.45, 7) is 3.40. The molecule has 0 aromatic carbocycles. The van der Waals surface area contributed by atoms with Crippen LogP contribution in [0.25, 0.3) is 20.9 Å². The molecule has 176 valence electrons. The molecule has 1 aliphatic carbocycles. The summed E-state index contributed by atoms with van der Waals surface area (Å²) in [5.74, 6) is 1.90. The number of aromatic nitrogens is 4. The first kappa shape index (κ1) is 21.6. The fourth-order valence-corrected chi connectivity index (χ4v) is 6.65. The fraction of sp³-hybridized carbons (Fsp3) is 0.435. The molecule has 9 nitrogen and oxygen atoms in total. The van der Waals surface area contributed by atoms with Crippen molar-refractivity contribution in [2.45, 2.75) is 38.6 Å². The monoisotopic (exact) mass is 496 g/mol. The van der Waals surface area contributed by atoms with Gasteiger partial charge < -0.3 is 14.4 Å². The average Bonchev–Trinajstić information content (AvgIpc) is 3.62. The predicted octanol–water partition coefficient (Wildman–Crippen LogP) is 2.86. The molecule has 1 aliphatic heterocycles. The minimum absolute atomic E-state index is 0.0660. The van der Waals surface area contributed by atoms with Crippen LogP contribution in [-0.4, -0.2) is 62.0 Å². The van der Waals surface area contributed by atoms with Crippen molar-refractivity contribution in [1.29, 1.82) is 0 Å². The summed E-state index contributed by atoms with van der Waals surface area (Å²) in [4.78, 5) is 44.7. The Balaban J connectivity index is 1.02. The zero-order valence-electron chi connectivity index (χ0n) is 18.6. The van der Waals surface area contributed by atoms with Crippen molar-refractivity contribution < 1.29 is 9.32 Å². The molecule has 0 atom stereocenters. The lowest BCUT2D eigenvalue weighted by Crippen LogP contribution is -2.48. The zero-order chi connectivity index (χ0) is 23.1. The SMILES string of the molecule is O=C(CCc1nc2sc3c(c2c(=O)[nH]1)CCC3)N1CCN(Cc2nc(-c3cccs3)no2)CC1. The van der Waals surface area contributed by atoms with E-state index in [1.807, 2.05) is 22.4 Å². The number of amides is 1. The Morgan fingerprint density at radius 1 is 1.18 bits per heavy atom. The summed E-state index contributed by atoms with van der Waals surface area (Å²) in [6.07, 6.45) is 3.91. The average molecular weight is 497 g/mol. The molecule has 6 rings (SSSR count). The standard InChI is InChI=1S/C23H24N6O3S2/c30-19(7-6-17-24-22(31)20-14-3-1-4-15(14)34-23(20)25-17)29-10-8-28(9-11-29)13-18-26-21(27-32-18)16-5-2-12-33-16/h2,5,12H,1,3-4,6-11,13H2,(H,24,25,31). The molecule has 11 heteroatoms. The van der Waals surface area contributed by atoms with Crippen LogP contribution in [0.3, 0.4) is 0 Å². The zero-order valence-corrected chi connectivity index (χ0v) is 20.2. The lowest BCUT2D eigenvalue weighted by atomic mass is 10.2. The van der Waals surface area contributed by atoms with Crippen LogP contribution >= 0.6 is 22.7 Å². The number of carbonyl (C=O) groups excluding carboxylic acids is 1. The van der Waals surface area contributed by atoms with Crippen LogP contribution < -0.4 is 5.56 Å². The molecule has 0 saturated carbocycles. The van der Waals surface area contributed by atoms with Crippen molar-refractivity contribution in [2.75, 3.05) is 26.2 Å². The molecule has 1 saturated heterocycles. The fourth-order valence-electron chi connectivity index (χ4n) is 4.72. The molecule has 0 unspecified atom stereocenters. The highest BCUT2D eigenvalue weighted by Gasteiger charge is 2.24. The van der Waals surface area contributed by atoms with E-state index in [-0.39, 0.29) is 11.5 Å². The Labute approximate surface area is 203 Å². The highest BCUT2D eigenvalue weighted by Crippen LogP contribution is 2.34. The third kappa shape index (κ3) is 4.19. The van der Waals surface area contributed by atoms with Gasteiger partial charge in [0.2, 0.25) is 17.6 Å². The van der Waals surface area contributed by atoms with Gasteiger partial charge in [0, 0.05) is 43.9 Å². The first-order valence-electron chi connectivity index (χ1n) is 11.5. The van der Waals surface area contributed by atoms with Crippen molar-refractivity contribution in [2.24, 2.45) is 0 Å². The molecule has 4 aromatic heterocycles. The largest absolute Gasteiger partial charge is 0.340 e. The second-order valence-electron chi connectivity index (χ2n) is 8.70. The maximum absolute atomic E-state index is 12.8. The van der Waals surface area contributed by atoms with Crippen LogP contribution in [0.4, 0.5) is 0 Å². The van der Waals surface area contributed by atoms with Crippen molar-refractivity contribution in [3.05, 3.63) is 50.0 Å². The number of carbonyl (C=O) groups is 1. The van der Waals surface area contributed by atoms with Gasteiger partial charge in [-0.1, -0.05) is 11.2 Å². The van der Waals surface area contributed by atoms with E-state index in [1.54, 1.807) is 22.7 Å². The summed E-state index contributed by atoms with van der Waals surface area (Å²) >= 11 is 3.21. The molecule has 1 N–H and O–H groups in total. The normalized spacial score (nSPS) is 16.4. The number of hydrogen-bond donors (Lipinski definition) is 1. The molecule has 1 amide bonds. The molecule has 0 bridgehead atoms. The molecule has 0 spiro atoms. The van der Waals surface area contributed by atoms with E-state index in [2.05, 4.69) is 25.0 Å². The van der Waals surface area contributed by atoms with Crippen LogP contribution in [0.2, 0.25) is 0 Å². The van der Waals surface area contributed by atoms with Gasteiger partial charge >= 0.3 is 0 Å². The number of hydrogen-bond acceptors (Lipinski definition) is 9. The third-order valence-electron chi connectivity index (χ3n) is 6.49. The summed E-state index contributed by atoms with van der Waals surface area (Å²) < 4.78 is 5.40. The summed E-state index contributed by atoms with van der Waals surface area (Å²) in [5, 5.41) is 6.81. The first-order chi connectivity index (χ1) is 16.6. The molecule has 1 fully saturated rings. The lowest BCUT2D eigenvalue weighted by Gasteiger charge is -2.34. The number of nitrogens with zero attached hydrogens (tertiary/aromatic N) is 5. The highest BCUT2D eigenvalue weighted by molar-refractivity contribution is 7.18. The number of H-pyrrole nitrogens is 1. The van der Waals surface area contributed by atoms with Gasteiger partial charge in [-0.15, -0.1) is 22.7 Å². The molecule has 4 aromatic rings. The number of rotatable bonds is 6. The van der Waals surface area contributed by atoms with Gasteiger partial charge in [-0.05, 0) is 36.3 Å². The van der Waals surface area contributed by atoms with Crippen LogP contribution in [0.5, 0.6) is 0 Å². The highest BCUT2D eigenvalue weighted by atomic mass is 32.1. The Morgan fingerprint density at radius 2 is 2.06 bits per heavy atom. The summed E-state index contributed by atoms with van der Waals surface area (Å²) in [7, 11) is 0. The van der Waals surface area contributed by atoms with Gasteiger partial charge in [-0.2, -0.15) is 4.98 Å². The van der Waals surface area contributed by atoms with E-state index in [4.69, 9.17) is 4.52 Å². The molecule has 5 heterocycles. The van der Waals surface area contributed by atoms with Gasteiger partial charge in [0.1, 0.15) is 10.7 Å². The topological polar surface area (TPSA) is 108 Å². The van der Waals surface area contributed by atoms with E-state index < -0.39 is 0 Å². The van der Waals surface area contributed by atoms with Crippen molar-refractivity contribution >= 4 is 38.8 Å². The lowest BCUT2D eigenvalue weighted by molar-refractivity contribution is -0.133. The van der Waals surface area contributed by atoms with Crippen LogP contribution in [0.15, 0.2) is 26.8 Å². The smallest absolute Gasteiger partial charge is 0.259 e. The van der Waals surface area contributed by atoms with Crippen LogP contribution in [0, 0.1) is 0 Å². The minimum atomic E-state index is -0.0660. The predicted molar refractivity (Wildman–Crippen MR) is 130 cm³/mol. The van der Waals surface area contributed by atoms with E-state index in [0.29, 0.717) is 50.0 Å². The summed E-state index contributed by atoms with van der Waals surface area (Å²) in [5.41, 5.74) is 1.11. The van der Waals surface area contributed by atoms with Crippen molar-refractivity contribution in [3.8, 4) is 10.7 Å². The maximum atomic E-state index is 12.8. The van der Waals surface area contributed by atoms with E-state index >= 15 is 0 Å².